The van der Waals surface area contributed by atoms with E-state index in [1.54, 1.807) is 12.1 Å². The van der Waals surface area contributed by atoms with Crippen molar-refractivity contribution in [3.63, 3.8) is 0 Å². The van der Waals surface area contributed by atoms with Gasteiger partial charge in [0.2, 0.25) is 0 Å². The minimum Gasteiger partial charge on any atom is -0.494 e. The molecule has 98 valence electrons. The average molecular weight is 262 g/mol. The Kier molecular flexibility index (Phi) is 3.90. The van der Waals surface area contributed by atoms with Crippen molar-refractivity contribution in [3.05, 3.63) is 53.6 Å². The van der Waals surface area contributed by atoms with E-state index in [4.69, 9.17) is 4.74 Å². The highest BCUT2D eigenvalue weighted by atomic mass is 19.1. The number of carbonyl (C=O) groups is 1. The van der Waals surface area contributed by atoms with Gasteiger partial charge in [-0.1, -0.05) is 0 Å². The maximum Gasteiger partial charge on any atom is 0.150 e. The molecule has 0 heterocycles. The van der Waals surface area contributed by atoms with E-state index in [0.717, 1.165) is 12.1 Å². The molecule has 0 fully saturated rings. The molecule has 0 N–H and O–H groups in total. The summed E-state index contributed by atoms with van der Waals surface area (Å²) in [6, 6.07) is 8.03. The summed E-state index contributed by atoms with van der Waals surface area (Å²) in [7, 11) is 0. The van der Waals surface area contributed by atoms with Gasteiger partial charge in [0.25, 0.3) is 0 Å². The molecule has 0 aromatic heterocycles. The van der Waals surface area contributed by atoms with Crippen molar-refractivity contribution in [3.8, 4) is 16.9 Å². The number of rotatable bonds is 4. The van der Waals surface area contributed by atoms with Crippen LogP contribution in [0, 0.1) is 11.6 Å². The zero-order valence-corrected chi connectivity index (χ0v) is 10.3. The van der Waals surface area contributed by atoms with Crippen molar-refractivity contribution in [1.82, 2.24) is 0 Å². The first kappa shape index (κ1) is 13.2. The highest BCUT2D eigenvalue weighted by Gasteiger charge is 2.11. The SMILES string of the molecule is CCOc1ccc(-c2ccc(F)cc2F)c(C=O)c1. The zero-order valence-electron chi connectivity index (χ0n) is 10.3. The van der Waals surface area contributed by atoms with Crippen LogP contribution < -0.4 is 4.74 Å². The maximum atomic E-state index is 13.7. The van der Waals surface area contributed by atoms with Crippen molar-refractivity contribution in [2.45, 2.75) is 6.92 Å². The average Bonchev–Trinajstić information content (AvgIpc) is 2.39. The monoisotopic (exact) mass is 262 g/mol. The first-order valence-corrected chi connectivity index (χ1v) is 5.83. The van der Waals surface area contributed by atoms with Gasteiger partial charge < -0.3 is 4.74 Å². The number of hydrogen-bond donors (Lipinski definition) is 0. The molecule has 0 aliphatic heterocycles. The van der Waals surface area contributed by atoms with Crippen LogP contribution in [0.25, 0.3) is 11.1 Å². The summed E-state index contributed by atoms with van der Waals surface area (Å²) in [5.74, 6) is -0.817. The molecular weight excluding hydrogens is 250 g/mol. The smallest absolute Gasteiger partial charge is 0.150 e. The van der Waals surface area contributed by atoms with Gasteiger partial charge in [-0.2, -0.15) is 0 Å². The number of hydrogen-bond acceptors (Lipinski definition) is 2. The molecule has 19 heavy (non-hydrogen) atoms. The number of ether oxygens (including phenoxy) is 1. The predicted octanol–water partition coefficient (Wildman–Crippen LogP) is 3.84. The lowest BCUT2D eigenvalue weighted by atomic mass is 9.99. The summed E-state index contributed by atoms with van der Waals surface area (Å²) in [4.78, 5) is 11.1. The van der Waals surface area contributed by atoms with Crippen molar-refractivity contribution in [2.24, 2.45) is 0 Å². The third-order valence-corrected chi connectivity index (χ3v) is 2.68. The van der Waals surface area contributed by atoms with Crippen molar-refractivity contribution < 1.29 is 18.3 Å². The lowest BCUT2D eigenvalue weighted by Crippen LogP contribution is -1.95. The second-order valence-corrected chi connectivity index (χ2v) is 3.92. The van der Waals surface area contributed by atoms with Crippen LogP contribution in [0.4, 0.5) is 8.78 Å². The number of aldehydes is 1. The van der Waals surface area contributed by atoms with E-state index in [9.17, 15) is 13.6 Å². The lowest BCUT2D eigenvalue weighted by Gasteiger charge is -2.09. The Morgan fingerprint density at radius 3 is 2.47 bits per heavy atom. The van der Waals surface area contributed by atoms with Gasteiger partial charge in [-0.3, -0.25) is 4.79 Å². The van der Waals surface area contributed by atoms with Gasteiger partial charge >= 0.3 is 0 Å². The fraction of sp³-hybridized carbons (Fsp3) is 0.133. The van der Waals surface area contributed by atoms with Crippen LogP contribution in [0.2, 0.25) is 0 Å². The van der Waals surface area contributed by atoms with E-state index < -0.39 is 11.6 Å². The van der Waals surface area contributed by atoms with Gasteiger partial charge in [-0.05, 0) is 42.8 Å². The van der Waals surface area contributed by atoms with E-state index in [1.165, 1.54) is 12.1 Å². The third kappa shape index (κ3) is 2.78. The van der Waals surface area contributed by atoms with Gasteiger partial charge in [0.1, 0.15) is 17.4 Å². The highest BCUT2D eigenvalue weighted by Crippen LogP contribution is 2.29. The van der Waals surface area contributed by atoms with Gasteiger partial charge in [-0.25, -0.2) is 8.78 Å². The molecule has 0 spiro atoms. The molecular formula is C15H12F2O2. The summed E-state index contributed by atoms with van der Waals surface area (Å²) >= 11 is 0. The normalized spacial score (nSPS) is 10.3. The Balaban J connectivity index is 2.52. The minimum atomic E-state index is -0.702. The van der Waals surface area contributed by atoms with E-state index in [0.29, 0.717) is 29.8 Å². The van der Waals surface area contributed by atoms with Crippen LogP contribution in [-0.2, 0) is 0 Å². The van der Waals surface area contributed by atoms with Crippen LogP contribution >= 0.6 is 0 Å². The first-order chi connectivity index (χ1) is 9.15. The summed E-state index contributed by atoms with van der Waals surface area (Å²) in [5, 5.41) is 0. The van der Waals surface area contributed by atoms with E-state index in [1.807, 2.05) is 6.92 Å². The van der Waals surface area contributed by atoms with Crippen LogP contribution in [0.5, 0.6) is 5.75 Å². The molecule has 2 rings (SSSR count). The van der Waals surface area contributed by atoms with E-state index >= 15 is 0 Å². The number of halogens is 2. The van der Waals surface area contributed by atoms with E-state index in [-0.39, 0.29) is 5.56 Å². The lowest BCUT2D eigenvalue weighted by molar-refractivity contribution is 0.112. The van der Waals surface area contributed by atoms with Gasteiger partial charge in [0, 0.05) is 17.2 Å². The Bertz CT molecular complexity index is 609. The molecule has 0 atom stereocenters. The molecule has 0 radical (unpaired) electrons. The van der Waals surface area contributed by atoms with Gasteiger partial charge in [0.05, 0.1) is 6.61 Å². The highest BCUT2D eigenvalue weighted by molar-refractivity contribution is 5.88. The number of carbonyl (C=O) groups excluding carboxylic acids is 1. The molecule has 2 nitrogen and oxygen atoms in total. The van der Waals surface area contributed by atoms with Gasteiger partial charge in [-0.15, -0.1) is 0 Å². The second-order valence-electron chi connectivity index (χ2n) is 3.92. The summed E-state index contributed by atoms with van der Waals surface area (Å²) in [6.07, 6.45) is 0.626. The quantitative estimate of drug-likeness (QED) is 0.782. The molecule has 4 heteroatoms. The molecule has 0 bridgehead atoms. The fourth-order valence-corrected chi connectivity index (χ4v) is 1.85. The van der Waals surface area contributed by atoms with Crippen LogP contribution in [0.3, 0.4) is 0 Å². The van der Waals surface area contributed by atoms with Crippen LogP contribution in [-0.4, -0.2) is 12.9 Å². The van der Waals surface area contributed by atoms with Gasteiger partial charge in [0.15, 0.2) is 6.29 Å². The fourth-order valence-electron chi connectivity index (χ4n) is 1.85. The predicted molar refractivity (Wildman–Crippen MR) is 68.4 cm³/mol. The Morgan fingerprint density at radius 2 is 1.84 bits per heavy atom. The molecule has 0 aliphatic carbocycles. The molecule has 2 aromatic rings. The number of benzene rings is 2. The van der Waals surface area contributed by atoms with Crippen LogP contribution in [0.15, 0.2) is 36.4 Å². The largest absolute Gasteiger partial charge is 0.494 e. The molecule has 0 amide bonds. The molecule has 0 unspecified atom stereocenters. The molecule has 0 saturated carbocycles. The Hall–Kier alpha value is -2.23. The third-order valence-electron chi connectivity index (χ3n) is 2.68. The van der Waals surface area contributed by atoms with Crippen LogP contribution in [0.1, 0.15) is 17.3 Å². The Morgan fingerprint density at radius 1 is 1.11 bits per heavy atom. The van der Waals surface area contributed by atoms with E-state index in [2.05, 4.69) is 0 Å². The zero-order chi connectivity index (χ0) is 13.8. The summed E-state index contributed by atoms with van der Waals surface area (Å²) < 4.78 is 31.9. The molecule has 0 aliphatic rings. The standard InChI is InChI=1S/C15H12F2O2/c1-2-19-12-4-6-13(10(7-12)9-18)14-5-3-11(16)8-15(14)17/h3-9H,2H2,1H3. The Labute approximate surface area is 109 Å². The van der Waals surface area contributed by atoms with Crippen molar-refractivity contribution in [1.29, 1.82) is 0 Å². The van der Waals surface area contributed by atoms with Crippen molar-refractivity contribution >= 4 is 6.29 Å². The second kappa shape index (κ2) is 5.61. The molecule has 0 saturated heterocycles. The minimum absolute atomic E-state index is 0.187. The first-order valence-electron chi connectivity index (χ1n) is 5.83. The topological polar surface area (TPSA) is 26.3 Å². The molecule has 2 aromatic carbocycles. The van der Waals surface area contributed by atoms with Crippen molar-refractivity contribution in [2.75, 3.05) is 6.61 Å². The summed E-state index contributed by atoms with van der Waals surface area (Å²) in [6.45, 7) is 2.30. The summed E-state index contributed by atoms with van der Waals surface area (Å²) in [5.41, 5.74) is 0.902. The maximum absolute atomic E-state index is 13.7.